The third kappa shape index (κ3) is 4.80. The van der Waals surface area contributed by atoms with Crippen LogP contribution in [0.5, 0.6) is 0 Å². The van der Waals surface area contributed by atoms with Crippen molar-refractivity contribution in [2.75, 3.05) is 22.9 Å². The Labute approximate surface area is 317 Å². The predicted octanol–water partition coefficient (Wildman–Crippen LogP) is 13.5. The lowest BCUT2D eigenvalue weighted by Crippen LogP contribution is -2.24. The van der Waals surface area contributed by atoms with Gasteiger partial charge in [0.2, 0.25) is 0 Å². The van der Waals surface area contributed by atoms with Gasteiger partial charge in [0.05, 0.1) is 0 Å². The molecule has 0 bridgehead atoms. The molecule has 0 saturated carbocycles. The first-order valence-electron chi connectivity index (χ1n) is 19.4. The van der Waals surface area contributed by atoms with E-state index in [-0.39, 0.29) is 0 Å². The van der Waals surface area contributed by atoms with Gasteiger partial charge >= 0.3 is 0 Å². The number of para-hydroxylation sites is 2. The molecular formula is C52H40N2. The number of rotatable bonds is 4. The summed E-state index contributed by atoms with van der Waals surface area (Å²) in [7, 11) is 0. The zero-order valence-corrected chi connectivity index (χ0v) is 30.4. The van der Waals surface area contributed by atoms with Crippen molar-refractivity contribution in [1.82, 2.24) is 0 Å². The molecule has 0 spiro atoms. The molecule has 0 N–H and O–H groups in total. The molecule has 2 nitrogen and oxygen atoms in total. The highest BCUT2D eigenvalue weighted by molar-refractivity contribution is 6.23. The van der Waals surface area contributed by atoms with Crippen molar-refractivity contribution in [3.8, 4) is 33.4 Å². The first-order valence-corrected chi connectivity index (χ1v) is 19.4. The van der Waals surface area contributed by atoms with Crippen LogP contribution in [0.4, 0.5) is 22.7 Å². The SMILES string of the molecule is C=C1c2ccccc2-c2ccc(-c3c4ccc(N5CCCc6ccccc65)cc4c(-c4ccccc4)c4cc(N5CCCc6ccccc65)ccc34)cc21. The van der Waals surface area contributed by atoms with Crippen molar-refractivity contribution in [3.05, 3.63) is 187 Å². The maximum Gasteiger partial charge on any atom is 0.0443 e. The van der Waals surface area contributed by atoms with Gasteiger partial charge < -0.3 is 9.80 Å². The van der Waals surface area contributed by atoms with E-state index in [2.05, 4.69) is 174 Å². The summed E-state index contributed by atoms with van der Waals surface area (Å²) in [5, 5.41) is 5.10. The van der Waals surface area contributed by atoms with Crippen molar-refractivity contribution in [3.63, 3.8) is 0 Å². The molecule has 0 aromatic heterocycles. The van der Waals surface area contributed by atoms with Crippen molar-refractivity contribution < 1.29 is 0 Å². The molecule has 0 amide bonds. The van der Waals surface area contributed by atoms with E-state index in [1.165, 1.54) is 99.9 Å². The quantitative estimate of drug-likeness (QED) is 0.169. The van der Waals surface area contributed by atoms with Crippen LogP contribution in [-0.4, -0.2) is 13.1 Å². The Morgan fingerprint density at radius 2 is 0.907 bits per heavy atom. The lowest BCUT2D eigenvalue weighted by molar-refractivity contribution is 0.767. The summed E-state index contributed by atoms with van der Waals surface area (Å²) in [6.07, 6.45) is 4.54. The highest BCUT2D eigenvalue weighted by Crippen LogP contribution is 2.50. The van der Waals surface area contributed by atoms with Gasteiger partial charge in [-0.1, -0.05) is 122 Å². The number of hydrogen-bond donors (Lipinski definition) is 0. The van der Waals surface area contributed by atoms with E-state index < -0.39 is 0 Å². The second-order valence-electron chi connectivity index (χ2n) is 15.1. The summed E-state index contributed by atoms with van der Waals surface area (Å²) in [6, 6.07) is 59.2. The fourth-order valence-corrected chi connectivity index (χ4v) is 9.68. The van der Waals surface area contributed by atoms with Gasteiger partial charge in [-0.2, -0.15) is 0 Å². The average molecular weight is 693 g/mol. The molecule has 8 aromatic rings. The van der Waals surface area contributed by atoms with Crippen molar-refractivity contribution in [1.29, 1.82) is 0 Å². The van der Waals surface area contributed by atoms with Gasteiger partial charge in [0, 0.05) is 35.8 Å². The van der Waals surface area contributed by atoms with Crippen LogP contribution < -0.4 is 9.80 Å². The van der Waals surface area contributed by atoms with Crippen LogP contribution >= 0.6 is 0 Å². The average Bonchev–Trinajstić information content (AvgIpc) is 3.52. The Morgan fingerprint density at radius 1 is 0.389 bits per heavy atom. The van der Waals surface area contributed by atoms with Gasteiger partial charge in [0.15, 0.2) is 0 Å². The molecule has 2 aliphatic heterocycles. The number of anilines is 4. The molecule has 1 aliphatic carbocycles. The zero-order valence-electron chi connectivity index (χ0n) is 30.4. The number of benzene rings is 8. The van der Waals surface area contributed by atoms with Crippen molar-refractivity contribution >= 4 is 49.9 Å². The Bertz CT molecular complexity index is 2690. The molecule has 0 fully saturated rings. The second-order valence-corrected chi connectivity index (χ2v) is 15.1. The van der Waals surface area contributed by atoms with Crippen LogP contribution in [0.2, 0.25) is 0 Å². The lowest BCUT2D eigenvalue weighted by Gasteiger charge is -2.32. The van der Waals surface area contributed by atoms with Crippen LogP contribution in [0.15, 0.2) is 164 Å². The van der Waals surface area contributed by atoms with Crippen LogP contribution in [0.1, 0.15) is 35.1 Å². The molecule has 258 valence electrons. The fraction of sp³-hybridized carbons (Fsp3) is 0.115. The van der Waals surface area contributed by atoms with Gasteiger partial charge in [0.1, 0.15) is 0 Å². The van der Waals surface area contributed by atoms with E-state index in [1.807, 2.05) is 0 Å². The minimum Gasteiger partial charge on any atom is -0.341 e. The van der Waals surface area contributed by atoms with Gasteiger partial charge in [-0.3, -0.25) is 0 Å². The summed E-state index contributed by atoms with van der Waals surface area (Å²) < 4.78 is 0. The highest BCUT2D eigenvalue weighted by atomic mass is 15.1. The number of hydrogen-bond acceptors (Lipinski definition) is 2. The maximum absolute atomic E-state index is 4.60. The molecule has 2 heterocycles. The topological polar surface area (TPSA) is 6.48 Å². The minimum absolute atomic E-state index is 1.01. The summed E-state index contributed by atoms with van der Waals surface area (Å²) in [6.45, 7) is 6.62. The molecule has 11 rings (SSSR count). The smallest absolute Gasteiger partial charge is 0.0443 e. The summed E-state index contributed by atoms with van der Waals surface area (Å²) in [4.78, 5) is 5.07. The first-order chi connectivity index (χ1) is 26.7. The molecule has 0 unspecified atom stereocenters. The number of nitrogens with zero attached hydrogens (tertiary/aromatic N) is 2. The lowest BCUT2D eigenvalue weighted by atomic mass is 9.84. The first kappa shape index (κ1) is 31.2. The largest absolute Gasteiger partial charge is 0.341 e. The third-order valence-corrected chi connectivity index (χ3v) is 12.2. The number of fused-ring (bicyclic) bond motifs is 7. The maximum atomic E-state index is 4.60. The van der Waals surface area contributed by atoms with Gasteiger partial charge in [-0.25, -0.2) is 0 Å². The molecule has 54 heavy (non-hydrogen) atoms. The monoisotopic (exact) mass is 692 g/mol. The number of aryl methyl sites for hydroxylation is 2. The van der Waals surface area contributed by atoms with Crippen LogP contribution in [0.3, 0.4) is 0 Å². The Kier molecular flexibility index (Phi) is 7.13. The van der Waals surface area contributed by atoms with E-state index in [0.29, 0.717) is 0 Å². The van der Waals surface area contributed by atoms with Gasteiger partial charge in [0.25, 0.3) is 0 Å². The van der Waals surface area contributed by atoms with E-state index in [9.17, 15) is 0 Å². The van der Waals surface area contributed by atoms with Crippen LogP contribution in [0, 0.1) is 0 Å². The third-order valence-electron chi connectivity index (χ3n) is 12.2. The minimum atomic E-state index is 1.01. The van der Waals surface area contributed by atoms with Gasteiger partial charge in [-0.05, 0) is 151 Å². The summed E-state index contributed by atoms with van der Waals surface area (Å²) >= 11 is 0. The molecule has 0 saturated heterocycles. The molecular weight excluding hydrogens is 653 g/mol. The van der Waals surface area contributed by atoms with Crippen LogP contribution in [0.25, 0.3) is 60.5 Å². The molecule has 8 aromatic carbocycles. The Balaban J connectivity index is 1.21. The van der Waals surface area contributed by atoms with E-state index >= 15 is 0 Å². The van der Waals surface area contributed by atoms with Crippen LogP contribution in [-0.2, 0) is 12.8 Å². The van der Waals surface area contributed by atoms with Crippen molar-refractivity contribution in [2.45, 2.75) is 25.7 Å². The standard InChI is InChI=1S/C52H40N2/c1-34-41-19-7-8-20-42(41)43-26-23-38(31-46(34)43)52-44-27-24-39(53-29-11-17-35-13-5-9-21-49(35)53)32-47(44)51(37-15-3-2-4-16-37)48-33-40(25-28-45(48)52)54-30-12-18-36-14-6-10-22-50(36)54/h2-10,13-16,19-28,31-33H,1,11-12,17-18,29-30H2. The van der Waals surface area contributed by atoms with E-state index in [1.54, 1.807) is 0 Å². The fourth-order valence-electron chi connectivity index (χ4n) is 9.68. The molecule has 3 aliphatic rings. The van der Waals surface area contributed by atoms with Gasteiger partial charge in [-0.15, -0.1) is 0 Å². The highest BCUT2D eigenvalue weighted by Gasteiger charge is 2.26. The van der Waals surface area contributed by atoms with E-state index in [0.717, 1.165) is 44.3 Å². The molecule has 0 atom stereocenters. The second kappa shape index (κ2) is 12.4. The van der Waals surface area contributed by atoms with Crippen molar-refractivity contribution in [2.24, 2.45) is 0 Å². The Morgan fingerprint density at radius 3 is 1.54 bits per heavy atom. The molecule has 0 radical (unpaired) electrons. The normalized spacial score (nSPS) is 14.6. The van der Waals surface area contributed by atoms with E-state index in [4.69, 9.17) is 0 Å². The summed E-state index contributed by atoms with van der Waals surface area (Å²) in [5.41, 5.74) is 19.2. The summed E-state index contributed by atoms with van der Waals surface area (Å²) in [5.74, 6) is 0. The zero-order chi connectivity index (χ0) is 35.8. The molecule has 2 heteroatoms. The Hall–Kier alpha value is -6.38. The predicted molar refractivity (Wildman–Crippen MR) is 229 cm³/mol.